The third-order valence-electron chi connectivity index (χ3n) is 5.34. The van der Waals surface area contributed by atoms with Gasteiger partial charge in [-0.1, -0.05) is 35.5 Å². The van der Waals surface area contributed by atoms with Crippen molar-refractivity contribution in [1.29, 1.82) is 5.26 Å². The van der Waals surface area contributed by atoms with Gasteiger partial charge in [0, 0.05) is 10.4 Å². The first-order valence-corrected chi connectivity index (χ1v) is 13.0. The number of ether oxygens (including phenoxy) is 2. The minimum absolute atomic E-state index is 0.0826. The third-order valence-corrected chi connectivity index (χ3v) is 7.31. The Morgan fingerprint density at radius 1 is 1.28 bits per heavy atom. The molecule has 3 rings (SSSR count). The zero-order valence-corrected chi connectivity index (χ0v) is 22.8. The van der Waals surface area contributed by atoms with Gasteiger partial charge in [0.1, 0.15) is 11.7 Å². The number of aryl methyl sites for hydroxylation is 1. The van der Waals surface area contributed by atoms with Crippen LogP contribution in [0, 0.1) is 24.2 Å². The van der Waals surface area contributed by atoms with Crippen molar-refractivity contribution in [3.05, 3.63) is 67.6 Å². The molecule has 0 saturated heterocycles. The number of allylic oxidation sites excluding steroid dienone is 1. The number of carbonyl (C=O) groups is 3. The molecule has 0 bridgehead atoms. The number of hydrogen-bond acceptors (Lipinski definition) is 7. The lowest BCUT2D eigenvalue weighted by Crippen LogP contribution is -2.44. The number of anilines is 1. The molecule has 0 unspecified atom stereocenters. The molecule has 0 spiro atoms. The summed E-state index contributed by atoms with van der Waals surface area (Å²) >= 11 is 10.8. The Kier molecular flexibility index (Phi) is 9.43. The van der Waals surface area contributed by atoms with Gasteiger partial charge in [-0.05, 0) is 65.2 Å². The van der Waals surface area contributed by atoms with Crippen molar-refractivity contribution in [2.75, 3.05) is 24.8 Å². The van der Waals surface area contributed by atoms with Crippen LogP contribution < -0.4 is 15.4 Å². The molecule has 8 nitrogen and oxygen atoms in total. The molecule has 0 saturated carbocycles. The average Bonchev–Trinajstić information content (AvgIpc) is 2.84. The van der Waals surface area contributed by atoms with Gasteiger partial charge in [0.05, 0.1) is 46.9 Å². The zero-order valence-electron chi connectivity index (χ0n) is 19.7. The van der Waals surface area contributed by atoms with E-state index in [2.05, 4.69) is 32.6 Å². The predicted molar refractivity (Wildman–Crippen MR) is 142 cm³/mol. The van der Waals surface area contributed by atoms with E-state index in [-0.39, 0.29) is 27.3 Å². The summed E-state index contributed by atoms with van der Waals surface area (Å²) in [5, 5.41) is 15.9. The van der Waals surface area contributed by atoms with Crippen molar-refractivity contribution in [2.24, 2.45) is 5.92 Å². The van der Waals surface area contributed by atoms with Crippen molar-refractivity contribution >= 4 is 62.8 Å². The minimum Gasteiger partial charge on any atom is -0.492 e. The van der Waals surface area contributed by atoms with Gasteiger partial charge in [0.25, 0.3) is 0 Å². The Morgan fingerprint density at radius 2 is 2.03 bits per heavy atom. The molecule has 1 aliphatic heterocycles. The van der Waals surface area contributed by atoms with Gasteiger partial charge in [-0.15, -0.1) is 0 Å². The molecule has 1 heterocycles. The number of benzene rings is 2. The normalized spacial score (nSPS) is 17.2. The van der Waals surface area contributed by atoms with Crippen molar-refractivity contribution in [3.63, 3.8) is 0 Å². The highest BCUT2D eigenvalue weighted by Crippen LogP contribution is 2.42. The van der Waals surface area contributed by atoms with Gasteiger partial charge < -0.3 is 20.1 Å². The Morgan fingerprint density at radius 3 is 2.64 bits per heavy atom. The van der Waals surface area contributed by atoms with Crippen LogP contribution in [-0.2, 0) is 19.1 Å². The van der Waals surface area contributed by atoms with Crippen LogP contribution in [0.2, 0.25) is 5.02 Å². The van der Waals surface area contributed by atoms with Crippen LogP contribution in [0.1, 0.15) is 24.0 Å². The average molecular weight is 593 g/mol. The molecule has 11 heteroatoms. The van der Waals surface area contributed by atoms with E-state index >= 15 is 0 Å². The molecule has 0 aromatic heterocycles. The van der Waals surface area contributed by atoms with Crippen molar-refractivity contribution in [3.8, 4) is 11.8 Å². The topological polar surface area (TPSA) is 118 Å². The molecule has 0 fully saturated rings. The van der Waals surface area contributed by atoms with Gasteiger partial charge in [0.15, 0.2) is 0 Å². The van der Waals surface area contributed by atoms with E-state index in [1.165, 1.54) is 7.11 Å². The number of amides is 2. The van der Waals surface area contributed by atoms with E-state index in [9.17, 15) is 19.6 Å². The van der Waals surface area contributed by atoms with Crippen LogP contribution in [0.5, 0.6) is 5.75 Å². The number of carbonyl (C=O) groups excluding carboxylic acids is 3. The second-order valence-electron chi connectivity index (χ2n) is 7.77. The Bertz CT molecular complexity index is 1280. The van der Waals surface area contributed by atoms with Crippen LogP contribution in [0.15, 0.2) is 51.5 Å². The number of nitrogens with one attached hydrogen (secondary N) is 2. The van der Waals surface area contributed by atoms with Crippen LogP contribution >= 0.6 is 39.3 Å². The van der Waals surface area contributed by atoms with Crippen LogP contribution in [0.25, 0.3) is 0 Å². The van der Waals surface area contributed by atoms with Crippen LogP contribution in [0.3, 0.4) is 0 Å². The second kappa shape index (κ2) is 12.3. The second-order valence-corrected chi connectivity index (χ2v) is 10.0. The summed E-state index contributed by atoms with van der Waals surface area (Å²) in [6, 6.07) is 12.5. The number of nitrogens with zero attached hydrogens (tertiary/aromatic N) is 1. The maximum absolute atomic E-state index is 13.0. The monoisotopic (exact) mass is 591 g/mol. The summed E-state index contributed by atoms with van der Waals surface area (Å²) in [7, 11) is 1.17. The van der Waals surface area contributed by atoms with Crippen molar-refractivity contribution < 1.29 is 23.9 Å². The van der Waals surface area contributed by atoms with Gasteiger partial charge in [-0.3, -0.25) is 14.4 Å². The maximum Gasteiger partial charge on any atom is 0.319 e. The van der Waals surface area contributed by atoms with Crippen molar-refractivity contribution in [1.82, 2.24) is 5.32 Å². The molecular formula is C25H23BrClN3O5S. The van der Waals surface area contributed by atoms with Crippen molar-refractivity contribution in [2.45, 2.75) is 19.8 Å². The van der Waals surface area contributed by atoms with E-state index in [0.29, 0.717) is 23.6 Å². The summed E-state index contributed by atoms with van der Waals surface area (Å²) in [6.45, 7) is 4.15. The van der Waals surface area contributed by atoms with E-state index < -0.39 is 23.7 Å². The SMILES string of the molecule is CCOc1ccc([C@H]2C(C#N)=C(SCC(=O)Nc3ccc(C)cc3Br)NC(=O)[C@@H]2C(=O)OC)cc1Cl. The first-order chi connectivity index (χ1) is 17.2. The lowest BCUT2D eigenvalue weighted by atomic mass is 9.78. The number of hydrogen-bond donors (Lipinski definition) is 2. The first-order valence-electron chi connectivity index (χ1n) is 10.8. The lowest BCUT2D eigenvalue weighted by molar-refractivity contribution is -0.150. The standard InChI is InChI=1S/C25H23BrClN3O5S/c1-4-35-19-8-6-14(10-17(19)27)21-15(11-28)24(30-23(32)22(21)25(33)34-3)36-12-20(31)29-18-7-5-13(2)9-16(18)26/h5-10,21-22H,4,12H2,1-3H3,(H,29,31)(H,30,32)/t21-,22+/m0/s1. The first kappa shape index (κ1) is 27.6. The molecule has 0 aliphatic carbocycles. The smallest absolute Gasteiger partial charge is 0.319 e. The number of nitriles is 1. The Labute approximate surface area is 226 Å². The van der Waals surface area contributed by atoms with Gasteiger partial charge in [-0.2, -0.15) is 5.26 Å². The van der Waals surface area contributed by atoms with Gasteiger partial charge in [-0.25, -0.2) is 0 Å². The zero-order chi connectivity index (χ0) is 26.4. The molecule has 2 atom stereocenters. The summed E-state index contributed by atoms with van der Waals surface area (Å²) < 4.78 is 11.1. The molecule has 0 radical (unpaired) electrons. The highest BCUT2D eigenvalue weighted by Gasteiger charge is 2.44. The number of halogens is 2. The molecule has 2 amide bonds. The highest BCUT2D eigenvalue weighted by atomic mass is 79.9. The maximum atomic E-state index is 13.0. The fourth-order valence-electron chi connectivity index (χ4n) is 3.71. The number of methoxy groups -OCH3 is 1. The molecule has 36 heavy (non-hydrogen) atoms. The molecular weight excluding hydrogens is 570 g/mol. The Hall–Kier alpha value is -3.00. The van der Waals surface area contributed by atoms with Crippen LogP contribution in [-0.4, -0.2) is 37.3 Å². The van der Waals surface area contributed by atoms with E-state index in [1.54, 1.807) is 24.3 Å². The van der Waals surface area contributed by atoms with Crippen LogP contribution in [0.4, 0.5) is 5.69 Å². The lowest BCUT2D eigenvalue weighted by Gasteiger charge is -2.31. The summed E-state index contributed by atoms with van der Waals surface area (Å²) in [4.78, 5) is 38.2. The quantitative estimate of drug-likeness (QED) is 0.330. The highest BCUT2D eigenvalue weighted by molar-refractivity contribution is 9.10. The van der Waals surface area contributed by atoms with E-state index in [4.69, 9.17) is 21.1 Å². The molecule has 188 valence electrons. The summed E-state index contributed by atoms with van der Waals surface area (Å²) in [5.74, 6) is -3.67. The fraction of sp³-hybridized carbons (Fsp3) is 0.280. The van der Waals surface area contributed by atoms with E-state index in [0.717, 1.165) is 21.8 Å². The summed E-state index contributed by atoms with van der Waals surface area (Å²) in [5.41, 5.74) is 2.22. The fourth-order valence-corrected chi connectivity index (χ4v) is 5.39. The Balaban J connectivity index is 1.92. The number of thioether (sulfide) groups is 1. The minimum atomic E-state index is -1.31. The molecule has 2 aromatic rings. The largest absolute Gasteiger partial charge is 0.492 e. The predicted octanol–water partition coefficient (Wildman–Crippen LogP) is 4.92. The van der Waals surface area contributed by atoms with E-state index in [1.807, 2.05) is 26.0 Å². The molecule has 1 aliphatic rings. The van der Waals surface area contributed by atoms with Gasteiger partial charge >= 0.3 is 5.97 Å². The number of esters is 1. The third kappa shape index (κ3) is 6.22. The summed E-state index contributed by atoms with van der Waals surface area (Å²) in [6.07, 6.45) is 0. The van der Waals surface area contributed by atoms with Gasteiger partial charge in [0.2, 0.25) is 11.8 Å². The molecule has 2 N–H and O–H groups in total. The molecule has 2 aromatic carbocycles. The number of rotatable bonds is 8.